The molecule has 0 heterocycles. The van der Waals surface area contributed by atoms with Gasteiger partial charge in [-0.2, -0.15) is 0 Å². The van der Waals surface area contributed by atoms with Gasteiger partial charge in [-0.25, -0.2) is 8.42 Å². The summed E-state index contributed by atoms with van der Waals surface area (Å²) in [7, 11) is -3.83. The number of rotatable bonds is 12. The zero-order valence-electron chi connectivity index (χ0n) is 22.8. The summed E-state index contributed by atoms with van der Waals surface area (Å²) in [5.41, 5.74) is 2.86. The summed E-state index contributed by atoms with van der Waals surface area (Å²) in [4.78, 5) is 28.9. The molecule has 9 heteroatoms. The molecule has 1 N–H and O–H groups in total. The Morgan fingerprint density at radius 2 is 1.56 bits per heavy atom. The number of sulfonamides is 1. The van der Waals surface area contributed by atoms with Crippen molar-refractivity contribution in [2.75, 3.05) is 23.7 Å². The molecule has 0 aromatic heterocycles. The van der Waals surface area contributed by atoms with Crippen LogP contribution in [0.1, 0.15) is 43.4 Å². The fourth-order valence-corrected chi connectivity index (χ4v) is 5.56. The van der Waals surface area contributed by atoms with Crippen LogP contribution in [0.5, 0.6) is 0 Å². The first-order valence-electron chi connectivity index (χ1n) is 12.9. The van der Waals surface area contributed by atoms with Gasteiger partial charge < -0.3 is 10.2 Å². The second kappa shape index (κ2) is 13.6. The molecule has 0 bridgehead atoms. The van der Waals surface area contributed by atoms with Gasteiger partial charge in [-0.05, 0) is 47.7 Å². The number of likely N-dealkylation sites (N-methyl/N-ethyl adjacent to an activating group) is 1. The molecule has 0 aliphatic heterocycles. The Labute approximate surface area is 236 Å². The SMILES string of the molecule is CCNC(=O)C(Cc1ccccc1)N(Cc1cccc(Cl)c1)C(=O)CN(c1ccccc1C(C)C)S(C)(=O)=O. The maximum absolute atomic E-state index is 14.1. The molecular weight excluding hydrogens is 534 g/mol. The highest BCUT2D eigenvalue weighted by Crippen LogP contribution is 2.29. The van der Waals surface area contributed by atoms with E-state index in [1.54, 1.807) is 30.3 Å². The van der Waals surface area contributed by atoms with E-state index < -0.39 is 28.5 Å². The minimum absolute atomic E-state index is 0.0317. The minimum Gasteiger partial charge on any atom is -0.355 e. The van der Waals surface area contributed by atoms with Gasteiger partial charge in [0.05, 0.1) is 11.9 Å². The minimum atomic E-state index is -3.83. The number of hydrogen-bond acceptors (Lipinski definition) is 4. The molecule has 3 aromatic rings. The lowest BCUT2D eigenvalue weighted by Gasteiger charge is -2.34. The number of para-hydroxylation sites is 1. The van der Waals surface area contributed by atoms with Crippen molar-refractivity contribution >= 4 is 39.1 Å². The molecule has 0 fully saturated rings. The number of carbonyl (C=O) groups is 2. The highest BCUT2D eigenvalue weighted by atomic mass is 35.5. The molecule has 0 aliphatic carbocycles. The molecule has 0 saturated heterocycles. The smallest absolute Gasteiger partial charge is 0.244 e. The Hall–Kier alpha value is -3.36. The topological polar surface area (TPSA) is 86.8 Å². The Morgan fingerprint density at radius 3 is 2.18 bits per heavy atom. The number of benzene rings is 3. The van der Waals surface area contributed by atoms with Crippen molar-refractivity contribution in [1.29, 1.82) is 0 Å². The normalized spacial score (nSPS) is 12.2. The number of halogens is 1. The number of nitrogens with one attached hydrogen (secondary N) is 1. The third-order valence-electron chi connectivity index (χ3n) is 6.37. The lowest BCUT2D eigenvalue weighted by molar-refractivity contribution is -0.140. The number of carbonyl (C=O) groups excluding carboxylic acids is 2. The zero-order valence-corrected chi connectivity index (χ0v) is 24.4. The summed E-state index contributed by atoms with van der Waals surface area (Å²) in [5.74, 6) is -0.777. The predicted octanol–water partition coefficient (Wildman–Crippen LogP) is 5.01. The van der Waals surface area contributed by atoms with Gasteiger partial charge in [-0.15, -0.1) is 0 Å². The monoisotopic (exact) mass is 569 g/mol. The van der Waals surface area contributed by atoms with Gasteiger partial charge in [-0.3, -0.25) is 13.9 Å². The van der Waals surface area contributed by atoms with Crippen molar-refractivity contribution < 1.29 is 18.0 Å². The van der Waals surface area contributed by atoms with E-state index in [0.717, 1.165) is 27.3 Å². The van der Waals surface area contributed by atoms with Crippen LogP contribution < -0.4 is 9.62 Å². The molecule has 208 valence electrons. The lowest BCUT2D eigenvalue weighted by Crippen LogP contribution is -2.53. The standard InChI is InChI=1S/C30H36ClN3O4S/c1-5-32-30(36)28(19-23-12-7-6-8-13-23)33(20-24-14-11-15-25(31)18-24)29(35)21-34(39(4,37)38)27-17-10-9-16-26(27)22(2)3/h6-18,22,28H,5,19-21H2,1-4H3,(H,32,36). The molecule has 7 nitrogen and oxygen atoms in total. The van der Waals surface area contributed by atoms with Crippen LogP contribution in [0.15, 0.2) is 78.9 Å². The Morgan fingerprint density at radius 1 is 0.923 bits per heavy atom. The Balaban J connectivity index is 2.08. The van der Waals surface area contributed by atoms with E-state index in [4.69, 9.17) is 11.6 Å². The molecule has 3 aromatic carbocycles. The lowest BCUT2D eigenvalue weighted by atomic mass is 10.0. The average Bonchev–Trinajstić information content (AvgIpc) is 2.89. The fraction of sp³-hybridized carbons (Fsp3) is 0.333. The van der Waals surface area contributed by atoms with Crippen LogP contribution in [-0.2, 0) is 32.6 Å². The van der Waals surface area contributed by atoms with E-state index in [0.29, 0.717) is 17.3 Å². The maximum Gasteiger partial charge on any atom is 0.244 e. The molecule has 0 radical (unpaired) electrons. The first-order chi connectivity index (χ1) is 18.5. The molecule has 0 spiro atoms. The Kier molecular flexibility index (Phi) is 10.5. The summed E-state index contributed by atoms with van der Waals surface area (Å²) in [6.45, 7) is 5.77. The van der Waals surface area contributed by atoms with Crippen LogP contribution in [-0.4, -0.2) is 50.5 Å². The molecule has 0 aliphatic rings. The summed E-state index contributed by atoms with van der Waals surface area (Å²) >= 11 is 6.23. The van der Waals surface area contributed by atoms with Crippen molar-refractivity contribution in [2.24, 2.45) is 0 Å². The number of anilines is 1. The third kappa shape index (κ3) is 8.31. The molecule has 3 rings (SSSR count). The van der Waals surface area contributed by atoms with Gasteiger partial charge in [-0.1, -0.05) is 86.1 Å². The Bertz CT molecular complexity index is 1380. The predicted molar refractivity (Wildman–Crippen MR) is 157 cm³/mol. The van der Waals surface area contributed by atoms with Crippen LogP contribution in [0.2, 0.25) is 5.02 Å². The molecular formula is C30H36ClN3O4S. The molecule has 0 saturated carbocycles. The van der Waals surface area contributed by atoms with Gasteiger partial charge in [0.2, 0.25) is 21.8 Å². The second-order valence-corrected chi connectivity index (χ2v) is 12.1. The molecule has 1 unspecified atom stereocenters. The first-order valence-corrected chi connectivity index (χ1v) is 15.2. The average molecular weight is 570 g/mol. The number of nitrogens with zero attached hydrogens (tertiary/aromatic N) is 2. The van der Waals surface area contributed by atoms with E-state index in [-0.39, 0.29) is 24.8 Å². The summed E-state index contributed by atoms with van der Waals surface area (Å²) in [6.07, 6.45) is 1.35. The van der Waals surface area contributed by atoms with Crippen LogP contribution in [0.25, 0.3) is 0 Å². The van der Waals surface area contributed by atoms with Crippen LogP contribution >= 0.6 is 11.6 Å². The molecule has 39 heavy (non-hydrogen) atoms. The van der Waals surface area contributed by atoms with Gasteiger partial charge in [0.15, 0.2) is 0 Å². The van der Waals surface area contributed by atoms with Gasteiger partial charge in [0.25, 0.3) is 0 Å². The van der Waals surface area contributed by atoms with Crippen LogP contribution in [0.4, 0.5) is 5.69 Å². The third-order valence-corrected chi connectivity index (χ3v) is 7.73. The molecule has 1 atom stereocenters. The van der Waals surface area contributed by atoms with E-state index in [2.05, 4.69) is 5.32 Å². The largest absolute Gasteiger partial charge is 0.355 e. The highest BCUT2D eigenvalue weighted by Gasteiger charge is 2.33. The molecule has 2 amide bonds. The number of amides is 2. The van der Waals surface area contributed by atoms with Gasteiger partial charge in [0.1, 0.15) is 12.6 Å². The van der Waals surface area contributed by atoms with Crippen LogP contribution in [0.3, 0.4) is 0 Å². The van der Waals surface area contributed by atoms with E-state index in [1.165, 1.54) is 4.90 Å². The summed E-state index contributed by atoms with van der Waals surface area (Å²) in [6, 6.07) is 22.8. The van der Waals surface area contributed by atoms with Crippen molar-refractivity contribution in [2.45, 2.75) is 45.7 Å². The number of hydrogen-bond donors (Lipinski definition) is 1. The van der Waals surface area contributed by atoms with Crippen molar-refractivity contribution in [1.82, 2.24) is 10.2 Å². The summed E-state index contributed by atoms with van der Waals surface area (Å²) in [5, 5.41) is 3.35. The van der Waals surface area contributed by atoms with Crippen LogP contribution in [0, 0.1) is 0 Å². The quantitative estimate of drug-likeness (QED) is 0.332. The second-order valence-electron chi connectivity index (χ2n) is 9.73. The maximum atomic E-state index is 14.1. The first kappa shape index (κ1) is 30.2. The van der Waals surface area contributed by atoms with Gasteiger partial charge in [0, 0.05) is 24.5 Å². The van der Waals surface area contributed by atoms with Crippen molar-refractivity contribution in [3.05, 3.63) is 101 Å². The van der Waals surface area contributed by atoms with Crippen molar-refractivity contribution in [3.63, 3.8) is 0 Å². The van der Waals surface area contributed by atoms with Crippen molar-refractivity contribution in [3.8, 4) is 0 Å². The van der Waals surface area contributed by atoms with E-state index in [9.17, 15) is 18.0 Å². The fourth-order valence-electron chi connectivity index (χ4n) is 4.48. The summed E-state index contributed by atoms with van der Waals surface area (Å²) < 4.78 is 27.2. The highest BCUT2D eigenvalue weighted by molar-refractivity contribution is 7.92. The van der Waals surface area contributed by atoms with E-state index in [1.807, 2.05) is 69.3 Å². The van der Waals surface area contributed by atoms with E-state index >= 15 is 0 Å². The zero-order chi connectivity index (χ0) is 28.6. The van der Waals surface area contributed by atoms with Gasteiger partial charge >= 0.3 is 0 Å².